The van der Waals surface area contributed by atoms with Gasteiger partial charge >= 0.3 is 0 Å². The van der Waals surface area contributed by atoms with Gasteiger partial charge in [0, 0.05) is 35.4 Å². The summed E-state index contributed by atoms with van der Waals surface area (Å²) in [6.45, 7) is 8.29. The first-order valence-electron chi connectivity index (χ1n) is 7.50. The molecule has 2 nitrogen and oxygen atoms in total. The highest BCUT2D eigenvalue weighted by molar-refractivity contribution is 5.56. The molecule has 0 fully saturated rings. The molecule has 0 radical (unpaired) electrons. The number of aromatic nitrogens is 2. The molecule has 0 unspecified atom stereocenters. The van der Waals surface area contributed by atoms with Crippen molar-refractivity contribution in [3.63, 3.8) is 0 Å². The summed E-state index contributed by atoms with van der Waals surface area (Å²) in [5.74, 6) is 13.2. The fourth-order valence-corrected chi connectivity index (χ4v) is 1.69. The Labute approximate surface area is 133 Å². The summed E-state index contributed by atoms with van der Waals surface area (Å²) >= 11 is 0. The van der Waals surface area contributed by atoms with Crippen molar-refractivity contribution < 1.29 is 0 Å². The average Bonchev–Trinajstić information content (AvgIpc) is 2.52. The van der Waals surface area contributed by atoms with Crippen LogP contribution >= 0.6 is 0 Å². The molecule has 0 aliphatic rings. The SMILES string of the molecule is CC(C)C#Cc1ccc(-c2ccc(C#CC(C)C)cn2)nc1. The third kappa shape index (κ3) is 4.76. The molecule has 2 aromatic heterocycles. The van der Waals surface area contributed by atoms with Gasteiger partial charge < -0.3 is 0 Å². The van der Waals surface area contributed by atoms with Crippen LogP contribution in [0.25, 0.3) is 11.4 Å². The molecule has 2 heterocycles. The minimum absolute atomic E-state index is 0.362. The Morgan fingerprint density at radius 1 is 0.682 bits per heavy atom. The Bertz CT molecular complexity index is 663. The maximum atomic E-state index is 4.43. The molecule has 0 aromatic carbocycles. The van der Waals surface area contributed by atoms with Gasteiger partial charge in [0.05, 0.1) is 11.4 Å². The van der Waals surface area contributed by atoms with Gasteiger partial charge in [-0.3, -0.25) is 9.97 Å². The van der Waals surface area contributed by atoms with Gasteiger partial charge in [-0.2, -0.15) is 0 Å². The third-order valence-electron chi connectivity index (χ3n) is 2.80. The summed E-state index contributed by atoms with van der Waals surface area (Å²) in [4.78, 5) is 8.86. The molecule has 0 amide bonds. The fraction of sp³-hybridized carbons (Fsp3) is 0.300. The Morgan fingerprint density at radius 2 is 1.09 bits per heavy atom. The second-order valence-corrected chi connectivity index (χ2v) is 5.71. The van der Waals surface area contributed by atoms with Crippen LogP contribution in [0, 0.1) is 35.5 Å². The van der Waals surface area contributed by atoms with E-state index in [9.17, 15) is 0 Å². The summed E-state index contributed by atoms with van der Waals surface area (Å²) < 4.78 is 0. The van der Waals surface area contributed by atoms with E-state index in [2.05, 4.69) is 61.3 Å². The topological polar surface area (TPSA) is 25.8 Å². The molecule has 22 heavy (non-hydrogen) atoms. The summed E-state index contributed by atoms with van der Waals surface area (Å²) in [6, 6.07) is 7.86. The van der Waals surface area contributed by atoms with Crippen molar-refractivity contribution in [2.45, 2.75) is 27.7 Å². The molecular weight excluding hydrogens is 268 g/mol. The summed E-state index contributed by atoms with van der Waals surface area (Å²) in [6.07, 6.45) is 3.58. The van der Waals surface area contributed by atoms with Crippen LogP contribution in [0.3, 0.4) is 0 Å². The van der Waals surface area contributed by atoms with E-state index in [1.807, 2.05) is 24.3 Å². The molecule has 0 saturated carbocycles. The molecule has 0 N–H and O–H groups in total. The lowest BCUT2D eigenvalue weighted by molar-refractivity contribution is 0.866. The standard InChI is InChI=1S/C20H20N2/c1-15(2)5-7-17-9-11-19(21-13-17)20-12-10-18(14-22-20)8-6-16(3)4/h9-16H,1-4H3. The predicted octanol–water partition coefficient (Wildman–Crippen LogP) is 4.16. The van der Waals surface area contributed by atoms with Crippen molar-refractivity contribution >= 4 is 0 Å². The lowest BCUT2D eigenvalue weighted by atomic mass is 10.1. The molecule has 0 aliphatic heterocycles. The highest BCUT2D eigenvalue weighted by Gasteiger charge is 2.00. The number of rotatable bonds is 1. The first-order valence-corrected chi connectivity index (χ1v) is 7.50. The maximum absolute atomic E-state index is 4.43. The van der Waals surface area contributed by atoms with Crippen LogP contribution in [0.1, 0.15) is 38.8 Å². The molecule has 0 bridgehead atoms. The Kier molecular flexibility index (Phi) is 5.34. The van der Waals surface area contributed by atoms with Gasteiger partial charge in [-0.1, -0.05) is 51.4 Å². The van der Waals surface area contributed by atoms with Crippen LogP contribution in [-0.2, 0) is 0 Å². The number of hydrogen-bond donors (Lipinski definition) is 0. The predicted molar refractivity (Wildman–Crippen MR) is 90.9 cm³/mol. The summed E-state index contributed by atoms with van der Waals surface area (Å²) in [5.41, 5.74) is 3.55. The van der Waals surface area contributed by atoms with E-state index >= 15 is 0 Å². The molecule has 0 saturated heterocycles. The first-order chi connectivity index (χ1) is 10.5. The van der Waals surface area contributed by atoms with Crippen LogP contribution in [0.5, 0.6) is 0 Å². The lowest BCUT2D eigenvalue weighted by Gasteiger charge is -2.00. The lowest BCUT2D eigenvalue weighted by Crippen LogP contribution is -1.89. The zero-order chi connectivity index (χ0) is 15.9. The van der Waals surface area contributed by atoms with E-state index in [1.54, 1.807) is 12.4 Å². The molecule has 110 valence electrons. The van der Waals surface area contributed by atoms with Crippen molar-refractivity contribution in [3.8, 4) is 35.1 Å². The highest BCUT2D eigenvalue weighted by atomic mass is 14.8. The van der Waals surface area contributed by atoms with Crippen molar-refractivity contribution in [1.82, 2.24) is 9.97 Å². The van der Waals surface area contributed by atoms with Gasteiger partial charge in [0.2, 0.25) is 0 Å². The first kappa shape index (κ1) is 15.8. The fourth-order valence-electron chi connectivity index (χ4n) is 1.69. The number of hydrogen-bond acceptors (Lipinski definition) is 2. The highest BCUT2D eigenvalue weighted by Crippen LogP contribution is 2.14. The van der Waals surface area contributed by atoms with E-state index < -0.39 is 0 Å². The molecule has 2 heteroatoms. The van der Waals surface area contributed by atoms with Gasteiger partial charge in [-0.25, -0.2) is 0 Å². The molecule has 0 spiro atoms. The average molecular weight is 288 g/mol. The van der Waals surface area contributed by atoms with Crippen LogP contribution < -0.4 is 0 Å². The molecular formula is C20H20N2. The van der Waals surface area contributed by atoms with Crippen molar-refractivity contribution in [3.05, 3.63) is 47.8 Å². The van der Waals surface area contributed by atoms with Crippen molar-refractivity contribution in [1.29, 1.82) is 0 Å². The molecule has 2 aromatic rings. The van der Waals surface area contributed by atoms with Crippen LogP contribution in [0.4, 0.5) is 0 Å². The van der Waals surface area contributed by atoms with Crippen LogP contribution in [0.15, 0.2) is 36.7 Å². The molecule has 0 aliphatic carbocycles. The summed E-state index contributed by atoms with van der Waals surface area (Å²) in [5, 5.41) is 0. The smallest absolute Gasteiger partial charge is 0.0887 e. The normalized spacial score (nSPS) is 9.91. The van der Waals surface area contributed by atoms with Crippen LogP contribution in [-0.4, -0.2) is 9.97 Å². The molecule has 0 atom stereocenters. The Balaban J connectivity index is 2.16. The minimum atomic E-state index is 0.362. The zero-order valence-corrected chi connectivity index (χ0v) is 13.5. The van der Waals surface area contributed by atoms with Crippen molar-refractivity contribution in [2.75, 3.05) is 0 Å². The monoisotopic (exact) mass is 288 g/mol. The van der Waals surface area contributed by atoms with E-state index in [0.29, 0.717) is 11.8 Å². The van der Waals surface area contributed by atoms with Crippen LogP contribution in [0.2, 0.25) is 0 Å². The number of nitrogens with zero attached hydrogens (tertiary/aromatic N) is 2. The second kappa shape index (κ2) is 7.43. The van der Waals surface area contributed by atoms with E-state index in [0.717, 1.165) is 22.5 Å². The van der Waals surface area contributed by atoms with E-state index in [4.69, 9.17) is 0 Å². The zero-order valence-electron chi connectivity index (χ0n) is 13.5. The quantitative estimate of drug-likeness (QED) is 0.736. The largest absolute Gasteiger partial charge is 0.253 e. The second-order valence-electron chi connectivity index (χ2n) is 5.71. The molecule has 2 rings (SSSR count). The van der Waals surface area contributed by atoms with Crippen molar-refractivity contribution in [2.24, 2.45) is 11.8 Å². The summed E-state index contributed by atoms with van der Waals surface area (Å²) in [7, 11) is 0. The maximum Gasteiger partial charge on any atom is 0.0887 e. The Hall–Kier alpha value is -2.58. The van der Waals surface area contributed by atoms with Gasteiger partial charge in [0.25, 0.3) is 0 Å². The van der Waals surface area contributed by atoms with Gasteiger partial charge in [0.15, 0.2) is 0 Å². The van der Waals surface area contributed by atoms with Gasteiger partial charge in [-0.05, 0) is 24.3 Å². The van der Waals surface area contributed by atoms with E-state index in [-0.39, 0.29) is 0 Å². The number of pyridine rings is 2. The van der Waals surface area contributed by atoms with Gasteiger partial charge in [0.1, 0.15) is 0 Å². The Morgan fingerprint density at radius 3 is 1.36 bits per heavy atom. The minimum Gasteiger partial charge on any atom is -0.253 e. The third-order valence-corrected chi connectivity index (χ3v) is 2.80. The van der Waals surface area contributed by atoms with Gasteiger partial charge in [-0.15, -0.1) is 0 Å². The van der Waals surface area contributed by atoms with E-state index in [1.165, 1.54) is 0 Å².